The summed E-state index contributed by atoms with van der Waals surface area (Å²) in [6.45, 7) is 13.3. The highest BCUT2D eigenvalue weighted by atomic mass is 16.6. The number of aromatic nitrogens is 3. The molecule has 5 atom stereocenters. The summed E-state index contributed by atoms with van der Waals surface area (Å²) in [5.74, 6) is -2.39. The molecule has 12 nitrogen and oxygen atoms in total. The molecule has 1 aromatic heterocycles. The van der Waals surface area contributed by atoms with E-state index in [0.717, 1.165) is 41.5 Å². The molecule has 12 heteroatoms. The van der Waals surface area contributed by atoms with E-state index in [4.69, 9.17) is 14.9 Å². The molecule has 1 saturated heterocycles. The number of carboxylic acids is 1. The van der Waals surface area contributed by atoms with E-state index in [-0.39, 0.29) is 25.3 Å². The third kappa shape index (κ3) is 6.80. The number of carbonyl (C=O) groups is 4. The number of aryl methyl sites for hydroxylation is 1. The van der Waals surface area contributed by atoms with E-state index < -0.39 is 53.1 Å². The van der Waals surface area contributed by atoms with E-state index in [1.807, 2.05) is 38.1 Å². The number of hydrogen-bond acceptors (Lipinski definition) is 7. The number of rotatable bonds is 5. The third-order valence-electron chi connectivity index (χ3n) is 9.38. The van der Waals surface area contributed by atoms with Crippen molar-refractivity contribution in [2.24, 2.45) is 5.92 Å². The Labute approximate surface area is 269 Å². The standard InChI is InChI=1S/C34H46N6O6/c1-7-13-22-16-26-28(21(3)20(22)2)38-40(37-26)24-17-27-29(41)36-34(31(43)44)18-23(34)14-11-9-8-10-12-15-25(30(42)39(27)19-24)35-32(45)46-33(4,5)6/h7,11,14,16,23-25,27H,1,8-10,12-13,15,17-19H2,2-6H3,(H,35,45)(H,36,41)(H,43,44)/t23-,24+,25+,27+,34-/m1/s1. The maximum Gasteiger partial charge on any atom is 0.408 e. The number of fused-ring (bicyclic) bond motifs is 3. The number of carboxylic acid groups (broad SMARTS) is 1. The van der Waals surface area contributed by atoms with Gasteiger partial charge in [-0.25, -0.2) is 9.59 Å². The van der Waals surface area contributed by atoms with Gasteiger partial charge in [0.2, 0.25) is 11.8 Å². The van der Waals surface area contributed by atoms with Gasteiger partial charge in [0.15, 0.2) is 0 Å². The quantitative estimate of drug-likeness (QED) is 0.412. The summed E-state index contributed by atoms with van der Waals surface area (Å²) in [6.07, 6.45) is 9.62. The van der Waals surface area contributed by atoms with Crippen LogP contribution in [0.2, 0.25) is 0 Å². The van der Waals surface area contributed by atoms with Gasteiger partial charge in [0, 0.05) is 18.9 Å². The number of alkyl carbamates (subject to hydrolysis) is 1. The topological polar surface area (TPSA) is 156 Å². The first-order valence-electron chi connectivity index (χ1n) is 16.2. The number of nitrogens with zero attached hydrogens (tertiary/aromatic N) is 4. The SMILES string of the molecule is C=CCc1cc2nn([C@H]3C[C@H]4C(=O)N[C@]5(C(=O)O)C[C@H]5C=CCCCCC[C@H](NC(=O)OC(C)(C)C)C(=O)N4C3)nc2c(C)c1C. The maximum absolute atomic E-state index is 14.3. The lowest BCUT2D eigenvalue weighted by Crippen LogP contribution is -2.56. The molecule has 1 saturated carbocycles. The molecule has 0 bridgehead atoms. The first-order chi connectivity index (χ1) is 21.7. The molecular weight excluding hydrogens is 588 g/mol. The van der Waals surface area contributed by atoms with Crippen molar-refractivity contribution in [1.82, 2.24) is 30.5 Å². The average Bonchev–Trinajstić information content (AvgIpc) is 3.28. The minimum absolute atomic E-state index is 0.116. The lowest BCUT2D eigenvalue weighted by molar-refractivity contribution is -0.145. The normalized spacial score (nSPS) is 27.2. The Morgan fingerprint density at radius 3 is 2.65 bits per heavy atom. The van der Waals surface area contributed by atoms with Crippen LogP contribution in [0.1, 0.15) is 88.4 Å². The molecule has 1 aromatic carbocycles. The first-order valence-corrected chi connectivity index (χ1v) is 16.2. The van der Waals surface area contributed by atoms with Crippen molar-refractivity contribution in [2.75, 3.05) is 6.54 Å². The second-order valence-electron chi connectivity index (χ2n) is 13.9. The highest BCUT2D eigenvalue weighted by molar-refractivity contribution is 5.96. The Bertz CT molecular complexity index is 1570. The van der Waals surface area contributed by atoms with Crippen LogP contribution in [0.15, 0.2) is 30.9 Å². The Balaban J connectivity index is 1.49. The lowest BCUT2D eigenvalue weighted by Gasteiger charge is -2.30. The van der Waals surface area contributed by atoms with Crippen molar-refractivity contribution in [3.05, 3.63) is 47.6 Å². The number of aliphatic carboxylic acids is 1. The summed E-state index contributed by atoms with van der Waals surface area (Å²) in [7, 11) is 0. The molecule has 2 fully saturated rings. The van der Waals surface area contributed by atoms with Crippen LogP contribution in [0.5, 0.6) is 0 Å². The van der Waals surface area contributed by atoms with Gasteiger partial charge in [-0.1, -0.05) is 31.1 Å². The van der Waals surface area contributed by atoms with Crippen LogP contribution in [-0.2, 0) is 25.5 Å². The lowest BCUT2D eigenvalue weighted by atomic mass is 9.99. The molecule has 3 aliphatic rings. The zero-order valence-corrected chi connectivity index (χ0v) is 27.5. The molecule has 3 N–H and O–H groups in total. The molecule has 248 valence electrons. The summed E-state index contributed by atoms with van der Waals surface area (Å²) in [6, 6.07) is -0.373. The van der Waals surface area contributed by atoms with Crippen LogP contribution in [0, 0.1) is 19.8 Å². The van der Waals surface area contributed by atoms with Crippen molar-refractivity contribution in [1.29, 1.82) is 0 Å². The predicted octanol–water partition coefficient (Wildman–Crippen LogP) is 4.29. The number of hydrogen-bond donors (Lipinski definition) is 3. The molecule has 0 unspecified atom stereocenters. The van der Waals surface area contributed by atoms with E-state index in [0.29, 0.717) is 24.8 Å². The molecule has 46 heavy (non-hydrogen) atoms. The second kappa shape index (κ2) is 12.9. The zero-order chi connectivity index (χ0) is 33.4. The van der Waals surface area contributed by atoms with Crippen LogP contribution in [-0.4, -0.2) is 78.6 Å². The molecule has 5 rings (SSSR count). The Kier molecular flexibility index (Phi) is 9.28. The highest BCUT2D eigenvalue weighted by Crippen LogP contribution is 2.45. The van der Waals surface area contributed by atoms with Crippen LogP contribution in [0.3, 0.4) is 0 Å². The van der Waals surface area contributed by atoms with Crippen molar-refractivity contribution >= 4 is 34.9 Å². The summed E-state index contributed by atoms with van der Waals surface area (Å²) < 4.78 is 5.47. The van der Waals surface area contributed by atoms with Gasteiger partial charge in [-0.3, -0.25) is 9.59 Å². The van der Waals surface area contributed by atoms with Gasteiger partial charge in [0.25, 0.3) is 0 Å². The fourth-order valence-electron chi connectivity index (χ4n) is 6.62. The van der Waals surface area contributed by atoms with Crippen molar-refractivity contribution in [3.63, 3.8) is 0 Å². The molecule has 0 radical (unpaired) electrons. The fraction of sp³-hybridized carbons (Fsp3) is 0.588. The Hall–Kier alpha value is -4.22. The number of allylic oxidation sites excluding steroid dienone is 2. The van der Waals surface area contributed by atoms with Crippen molar-refractivity contribution < 1.29 is 29.0 Å². The summed E-state index contributed by atoms with van der Waals surface area (Å²) in [5.41, 5.74) is 2.49. The Morgan fingerprint density at radius 1 is 1.20 bits per heavy atom. The molecular formula is C34H46N6O6. The molecule has 2 aliphatic heterocycles. The van der Waals surface area contributed by atoms with Gasteiger partial charge < -0.3 is 25.4 Å². The van der Waals surface area contributed by atoms with Gasteiger partial charge in [-0.05, 0) is 89.5 Å². The van der Waals surface area contributed by atoms with Crippen LogP contribution in [0.4, 0.5) is 4.79 Å². The van der Waals surface area contributed by atoms with E-state index in [2.05, 4.69) is 17.2 Å². The largest absolute Gasteiger partial charge is 0.479 e. The van der Waals surface area contributed by atoms with Crippen LogP contribution >= 0.6 is 0 Å². The van der Waals surface area contributed by atoms with E-state index >= 15 is 0 Å². The fourth-order valence-corrected chi connectivity index (χ4v) is 6.62. The predicted molar refractivity (Wildman–Crippen MR) is 172 cm³/mol. The van der Waals surface area contributed by atoms with Gasteiger partial charge in [-0.2, -0.15) is 15.0 Å². The van der Waals surface area contributed by atoms with Crippen molar-refractivity contribution in [3.8, 4) is 0 Å². The molecule has 0 spiro atoms. The van der Waals surface area contributed by atoms with Gasteiger partial charge in [0.1, 0.15) is 34.3 Å². The highest BCUT2D eigenvalue weighted by Gasteiger charge is 2.61. The average molecular weight is 635 g/mol. The maximum atomic E-state index is 14.3. The molecule has 1 aliphatic carbocycles. The first kappa shape index (κ1) is 33.2. The van der Waals surface area contributed by atoms with Gasteiger partial charge in [0.05, 0.1) is 6.04 Å². The summed E-state index contributed by atoms with van der Waals surface area (Å²) >= 11 is 0. The molecule has 3 amide bonds. The minimum Gasteiger partial charge on any atom is -0.479 e. The van der Waals surface area contributed by atoms with Crippen LogP contribution in [0.25, 0.3) is 11.0 Å². The van der Waals surface area contributed by atoms with Crippen LogP contribution < -0.4 is 10.6 Å². The summed E-state index contributed by atoms with van der Waals surface area (Å²) in [5, 5.41) is 25.3. The molecule has 3 heterocycles. The minimum atomic E-state index is -1.41. The number of benzene rings is 1. The Morgan fingerprint density at radius 2 is 1.96 bits per heavy atom. The number of carbonyl (C=O) groups excluding carboxylic acids is 3. The van der Waals surface area contributed by atoms with E-state index in [1.54, 1.807) is 25.6 Å². The smallest absolute Gasteiger partial charge is 0.408 e. The number of nitrogens with one attached hydrogen (secondary N) is 2. The molecule has 2 aromatic rings. The monoisotopic (exact) mass is 634 g/mol. The van der Waals surface area contributed by atoms with Gasteiger partial charge in [-0.15, -0.1) is 6.58 Å². The van der Waals surface area contributed by atoms with E-state index in [9.17, 15) is 24.3 Å². The van der Waals surface area contributed by atoms with E-state index in [1.165, 1.54) is 4.90 Å². The number of amides is 3. The zero-order valence-electron chi connectivity index (χ0n) is 27.5. The van der Waals surface area contributed by atoms with Crippen molar-refractivity contribution in [2.45, 2.75) is 115 Å². The number of ether oxygens (including phenoxy) is 1. The second-order valence-corrected chi connectivity index (χ2v) is 13.9. The van der Waals surface area contributed by atoms with Gasteiger partial charge >= 0.3 is 12.1 Å². The summed E-state index contributed by atoms with van der Waals surface area (Å²) in [4.78, 5) is 56.5. The third-order valence-corrected chi connectivity index (χ3v) is 9.38.